The number of carbonyl (C=O) groups is 1. The van der Waals surface area contributed by atoms with Crippen LogP contribution in [0, 0.1) is 0 Å². The molecule has 0 unspecified atom stereocenters. The Bertz CT molecular complexity index is 1640. The van der Waals surface area contributed by atoms with Gasteiger partial charge in [0.1, 0.15) is 17.1 Å². The molecule has 0 radical (unpaired) electrons. The van der Waals surface area contributed by atoms with Crippen molar-refractivity contribution in [1.82, 2.24) is 9.55 Å². The van der Waals surface area contributed by atoms with Gasteiger partial charge in [-0.2, -0.15) is 0 Å². The zero-order valence-electron chi connectivity index (χ0n) is 25.7. The predicted octanol–water partition coefficient (Wildman–Crippen LogP) is 7.10. The van der Waals surface area contributed by atoms with Crippen LogP contribution in [0.25, 0.3) is 22.2 Å². The van der Waals surface area contributed by atoms with E-state index in [9.17, 15) is 14.7 Å². The molecule has 9 heteroatoms. The minimum atomic E-state index is -0.534. The largest absolute Gasteiger partial charge is 0.493 e. The number of aliphatic hydroxyl groups is 1. The van der Waals surface area contributed by atoms with E-state index in [0.29, 0.717) is 53.5 Å². The van der Waals surface area contributed by atoms with Crippen molar-refractivity contribution >= 4 is 34.1 Å². The Labute approximate surface area is 253 Å². The topological polar surface area (TPSA) is 132 Å². The van der Waals surface area contributed by atoms with E-state index in [1.807, 2.05) is 62.4 Å². The lowest BCUT2D eigenvalue weighted by molar-refractivity contribution is 0.233. The number of hydrogen-bond donors (Lipinski definition) is 4. The molecule has 0 spiro atoms. The SMILES string of the molecule is CCCCn1c(=O)c(NC(=O)Nc2c(C(C)C)ccc(N)c2C(C)C)c(-c2cccc(OCCCO)c2)c2cccnc21. The summed E-state index contributed by atoms with van der Waals surface area (Å²) in [6, 6.07) is 14.4. The van der Waals surface area contributed by atoms with Gasteiger partial charge in [-0.1, -0.05) is 59.2 Å². The number of benzene rings is 2. The fourth-order valence-electron chi connectivity index (χ4n) is 5.37. The zero-order valence-corrected chi connectivity index (χ0v) is 25.7. The molecule has 43 heavy (non-hydrogen) atoms. The lowest BCUT2D eigenvalue weighted by Gasteiger charge is -2.23. The van der Waals surface area contributed by atoms with E-state index in [0.717, 1.165) is 29.4 Å². The first-order valence-electron chi connectivity index (χ1n) is 15.0. The molecule has 228 valence electrons. The monoisotopic (exact) mass is 585 g/mol. The molecular formula is C34H43N5O4. The number of rotatable bonds is 12. The summed E-state index contributed by atoms with van der Waals surface area (Å²) in [5.74, 6) is 0.795. The molecule has 2 amide bonds. The molecule has 0 atom stereocenters. The van der Waals surface area contributed by atoms with Crippen LogP contribution in [0.5, 0.6) is 5.75 Å². The Morgan fingerprint density at radius 1 is 1.02 bits per heavy atom. The summed E-state index contributed by atoms with van der Waals surface area (Å²) in [6.45, 7) is 11.1. The third-order valence-electron chi connectivity index (χ3n) is 7.44. The van der Waals surface area contributed by atoms with E-state index in [1.165, 1.54) is 0 Å². The molecule has 2 heterocycles. The van der Waals surface area contributed by atoms with E-state index in [2.05, 4.69) is 36.4 Å². The number of amides is 2. The molecule has 0 saturated heterocycles. The average Bonchev–Trinajstić information content (AvgIpc) is 2.97. The minimum Gasteiger partial charge on any atom is -0.493 e. The van der Waals surface area contributed by atoms with Gasteiger partial charge in [0.15, 0.2) is 0 Å². The van der Waals surface area contributed by atoms with Crippen molar-refractivity contribution in [3.05, 3.63) is 76.2 Å². The molecule has 0 aliphatic heterocycles. The van der Waals surface area contributed by atoms with Gasteiger partial charge in [0.2, 0.25) is 0 Å². The maximum atomic E-state index is 14.2. The number of pyridine rings is 2. The number of nitrogens with zero attached hydrogens (tertiary/aromatic N) is 2. The first-order valence-corrected chi connectivity index (χ1v) is 15.0. The molecule has 0 aliphatic rings. The number of hydrogen-bond acceptors (Lipinski definition) is 6. The number of urea groups is 1. The van der Waals surface area contributed by atoms with Gasteiger partial charge in [0.05, 0.1) is 12.3 Å². The standard InChI is InChI=1S/C34H43N5O4/c1-6-7-17-39-32-26(13-9-16-36-32)29(23-11-8-12-24(20-23)43-19-10-18-40)31(33(39)41)38-34(42)37-30-25(21(2)3)14-15-27(35)28(30)22(4)5/h8-9,11-16,20-22,40H,6-7,10,17-19,35H2,1-5H3,(H2,37,38,42). The Hall–Kier alpha value is -4.37. The van der Waals surface area contributed by atoms with Gasteiger partial charge in [-0.05, 0) is 59.7 Å². The number of nitrogens with one attached hydrogen (secondary N) is 2. The molecule has 0 bridgehead atoms. The maximum absolute atomic E-state index is 14.2. The van der Waals surface area contributed by atoms with Crippen LogP contribution in [-0.2, 0) is 6.54 Å². The third-order valence-corrected chi connectivity index (χ3v) is 7.44. The molecule has 5 N–H and O–H groups in total. The second-order valence-corrected chi connectivity index (χ2v) is 11.3. The van der Waals surface area contributed by atoms with Gasteiger partial charge >= 0.3 is 6.03 Å². The quantitative estimate of drug-likeness (QED) is 0.104. The summed E-state index contributed by atoms with van der Waals surface area (Å²) in [6.07, 6.45) is 3.84. The van der Waals surface area contributed by atoms with Gasteiger partial charge < -0.3 is 26.2 Å². The average molecular weight is 586 g/mol. The number of aliphatic hydroxyl groups excluding tert-OH is 1. The molecule has 4 rings (SSSR count). The number of nitrogen functional groups attached to an aromatic ring is 1. The van der Waals surface area contributed by atoms with E-state index in [1.54, 1.807) is 10.8 Å². The number of unbranched alkanes of at least 4 members (excludes halogenated alkanes) is 1. The maximum Gasteiger partial charge on any atom is 0.323 e. The number of nitrogens with two attached hydrogens (primary N) is 1. The Morgan fingerprint density at radius 2 is 1.79 bits per heavy atom. The smallest absolute Gasteiger partial charge is 0.323 e. The van der Waals surface area contributed by atoms with Crippen LogP contribution in [-0.4, -0.2) is 33.9 Å². The summed E-state index contributed by atoms with van der Waals surface area (Å²) in [5.41, 5.74) is 11.1. The molecule has 2 aromatic carbocycles. The summed E-state index contributed by atoms with van der Waals surface area (Å²) in [4.78, 5) is 32.6. The summed E-state index contributed by atoms with van der Waals surface area (Å²) >= 11 is 0. The van der Waals surface area contributed by atoms with Crippen molar-refractivity contribution < 1.29 is 14.6 Å². The van der Waals surface area contributed by atoms with E-state index >= 15 is 0 Å². The van der Waals surface area contributed by atoms with Crippen LogP contribution in [0.15, 0.2) is 59.5 Å². The summed E-state index contributed by atoms with van der Waals surface area (Å²) in [5, 5.41) is 15.9. The number of ether oxygens (including phenoxy) is 1. The van der Waals surface area contributed by atoms with Gasteiger partial charge in [0.25, 0.3) is 5.56 Å². The number of carbonyl (C=O) groups excluding carboxylic acids is 1. The van der Waals surface area contributed by atoms with Crippen molar-refractivity contribution in [2.75, 3.05) is 29.6 Å². The van der Waals surface area contributed by atoms with Crippen LogP contribution in [0.3, 0.4) is 0 Å². The highest BCUT2D eigenvalue weighted by Crippen LogP contribution is 2.38. The van der Waals surface area contributed by atoms with Crippen LogP contribution in [0.2, 0.25) is 0 Å². The minimum absolute atomic E-state index is 0.0271. The Morgan fingerprint density at radius 3 is 2.49 bits per heavy atom. The van der Waals surface area contributed by atoms with Crippen molar-refractivity contribution in [2.24, 2.45) is 0 Å². The first kappa shape index (κ1) is 31.6. The van der Waals surface area contributed by atoms with Gasteiger partial charge in [-0.3, -0.25) is 9.36 Å². The molecule has 0 aliphatic carbocycles. The summed E-state index contributed by atoms with van der Waals surface area (Å²) in [7, 11) is 0. The second kappa shape index (κ2) is 14.2. The van der Waals surface area contributed by atoms with Crippen molar-refractivity contribution in [3.63, 3.8) is 0 Å². The lowest BCUT2D eigenvalue weighted by atomic mass is 9.91. The van der Waals surface area contributed by atoms with Gasteiger partial charge in [0, 0.05) is 48.0 Å². The highest BCUT2D eigenvalue weighted by molar-refractivity contribution is 6.08. The van der Waals surface area contributed by atoms with Crippen LogP contribution in [0.4, 0.5) is 21.9 Å². The molecular weight excluding hydrogens is 542 g/mol. The van der Waals surface area contributed by atoms with E-state index in [-0.39, 0.29) is 29.7 Å². The second-order valence-electron chi connectivity index (χ2n) is 11.3. The Kier molecular flexibility index (Phi) is 10.4. The highest BCUT2D eigenvalue weighted by atomic mass is 16.5. The fourth-order valence-corrected chi connectivity index (χ4v) is 5.37. The normalized spacial score (nSPS) is 11.3. The van der Waals surface area contributed by atoms with Crippen LogP contribution in [0.1, 0.15) is 76.8 Å². The van der Waals surface area contributed by atoms with Crippen molar-refractivity contribution in [2.45, 2.75) is 72.3 Å². The van der Waals surface area contributed by atoms with Crippen LogP contribution >= 0.6 is 0 Å². The fraction of sp³-hybridized carbons (Fsp3) is 0.382. The van der Waals surface area contributed by atoms with E-state index in [4.69, 9.17) is 10.5 Å². The number of fused-ring (bicyclic) bond motifs is 1. The highest BCUT2D eigenvalue weighted by Gasteiger charge is 2.23. The molecule has 4 aromatic rings. The molecule has 9 nitrogen and oxygen atoms in total. The van der Waals surface area contributed by atoms with Crippen molar-refractivity contribution in [3.8, 4) is 16.9 Å². The third kappa shape index (κ3) is 7.00. The Balaban J connectivity index is 1.88. The van der Waals surface area contributed by atoms with E-state index < -0.39 is 6.03 Å². The van der Waals surface area contributed by atoms with Gasteiger partial charge in [-0.25, -0.2) is 9.78 Å². The first-order chi connectivity index (χ1) is 20.7. The number of aromatic nitrogens is 2. The number of aryl methyl sites for hydroxylation is 1. The molecule has 0 saturated carbocycles. The predicted molar refractivity (Wildman–Crippen MR) is 175 cm³/mol. The summed E-state index contributed by atoms with van der Waals surface area (Å²) < 4.78 is 7.48. The lowest BCUT2D eigenvalue weighted by Crippen LogP contribution is -2.30. The van der Waals surface area contributed by atoms with Gasteiger partial charge in [-0.15, -0.1) is 0 Å². The molecule has 0 fully saturated rings. The van der Waals surface area contributed by atoms with Crippen LogP contribution < -0.4 is 26.7 Å². The van der Waals surface area contributed by atoms with Crippen molar-refractivity contribution in [1.29, 1.82) is 0 Å². The molecule has 2 aromatic heterocycles. The zero-order chi connectivity index (χ0) is 31.1. The number of anilines is 3.